The number of piperidine rings is 1. The van der Waals surface area contributed by atoms with Crippen LogP contribution >= 0.6 is 0 Å². The molecule has 3 atom stereocenters. The van der Waals surface area contributed by atoms with E-state index in [1.165, 1.54) is 55.8 Å². The van der Waals surface area contributed by atoms with Crippen LogP contribution in [0.3, 0.4) is 0 Å². The summed E-state index contributed by atoms with van der Waals surface area (Å²) in [4.78, 5) is 18.8. The zero-order valence-corrected chi connectivity index (χ0v) is 16.7. The smallest absolute Gasteiger partial charge is 0.277 e. The molecule has 1 saturated carbocycles. The van der Waals surface area contributed by atoms with Crippen molar-refractivity contribution in [3.05, 3.63) is 24.3 Å². The maximum absolute atomic E-state index is 12.8. The van der Waals surface area contributed by atoms with E-state index in [9.17, 15) is 4.79 Å². The molecule has 3 fully saturated rings. The number of hydrogen-bond acceptors (Lipinski definition) is 3. The van der Waals surface area contributed by atoms with Gasteiger partial charge < -0.3 is 19.4 Å². The van der Waals surface area contributed by atoms with Crippen molar-refractivity contribution < 1.29 is 14.4 Å². The lowest BCUT2D eigenvalue weighted by Crippen LogP contribution is -3.15. The molecule has 1 aliphatic carbocycles. The van der Waals surface area contributed by atoms with E-state index in [0.29, 0.717) is 12.5 Å². The van der Waals surface area contributed by atoms with Gasteiger partial charge in [0.25, 0.3) is 5.91 Å². The molecule has 2 saturated heterocycles. The number of amides is 1. The van der Waals surface area contributed by atoms with Crippen LogP contribution in [0, 0.1) is 11.8 Å². The van der Waals surface area contributed by atoms with Crippen LogP contribution in [-0.2, 0) is 4.79 Å². The van der Waals surface area contributed by atoms with E-state index in [-0.39, 0.29) is 0 Å². The Hall–Kier alpha value is -1.75. The number of rotatable bonds is 4. The minimum absolute atomic E-state index is 0.355. The summed E-state index contributed by atoms with van der Waals surface area (Å²) in [5.41, 5.74) is 1.22. The molecule has 148 valence electrons. The fourth-order valence-corrected chi connectivity index (χ4v) is 5.29. The molecule has 0 aromatic heterocycles. The molecule has 0 spiro atoms. The number of anilines is 1. The molecule has 4 rings (SSSR count). The van der Waals surface area contributed by atoms with E-state index in [1.807, 2.05) is 12.1 Å². The second kappa shape index (κ2) is 8.51. The third kappa shape index (κ3) is 4.40. The second-order valence-electron chi connectivity index (χ2n) is 8.54. The predicted octanol–water partition coefficient (Wildman–Crippen LogP) is 1.44. The highest BCUT2D eigenvalue weighted by molar-refractivity contribution is 5.77. The summed E-state index contributed by atoms with van der Waals surface area (Å²) in [6.07, 6.45) is 6.98. The van der Waals surface area contributed by atoms with Crippen molar-refractivity contribution in [3.63, 3.8) is 0 Å². The Labute approximate surface area is 163 Å². The van der Waals surface area contributed by atoms with Crippen LogP contribution < -0.4 is 14.5 Å². The lowest BCUT2D eigenvalue weighted by molar-refractivity contribution is -0.903. The molecule has 27 heavy (non-hydrogen) atoms. The van der Waals surface area contributed by atoms with Crippen LogP contribution in [-0.4, -0.2) is 63.7 Å². The molecular formula is C22H34N3O2+. The minimum Gasteiger partial charge on any atom is -0.497 e. The first-order valence-electron chi connectivity index (χ1n) is 10.7. The van der Waals surface area contributed by atoms with Gasteiger partial charge in [-0.15, -0.1) is 0 Å². The summed E-state index contributed by atoms with van der Waals surface area (Å²) in [6.45, 7) is 6.62. The average molecular weight is 373 g/mol. The normalized spacial score (nSPS) is 28.6. The number of piperazine rings is 1. The molecule has 2 aliphatic heterocycles. The van der Waals surface area contributed by atoms with Crippen molar-refractivity contribution >= 4 is 11.6 Å². The van der Waals surface area contributed by atoms with Gasteiger partial charge in [-0.3, -0.25) is 4.79 Å². The summed E-state index contributed by atoms with van der Waals surface area (Å²) in [6, 6.07) is 8.22. The molecule has 1 amide bonds. The zero-order valence-electron chi connectivity index (χ0n) is 16.7. The Morgan fingerprint density at radius 1 is 1.04 bits per heavy atom. The molecule has 1 aromatic carbocycles. The van der Waals surface area contributed by atoms with Crippen molar-refractivity contribution in [1.29, 1.82) is 0 Å². The SMILES string of the molecule is COc1ccc(N2CCN(C(=O)C[NH+]3CC[C@@H]4CCCC[C@@H]4C3)CC2)cc1. The highest BCUT2D eigenvalue weighted by atomic mass is 16.5. The van der Waals surface area contributed by atoms with Crippen molar-refractivity contribution in [2.75, 3.05) is 57.8 Å². The van der Waals surface area contributed by atoms with Crippen LogP contribution in [0.1, 0.15) is 32.1 Å². The van der Waals surface area contributed by atoms with Gasteiger partial charge in [0.05, 0.1) is 20.2 Å². The minimum atomic E-state index is 0.355. The first-order chi connectivity index (χ1) is 13.2. The van der Waals surface area contributed by atoms with Gasteiger partial charge in [-0.25, -0.2) is 0 Å². The monoisotopic (exact) mass is 372 g/mol. The number of hydrogen-bond donors (Lipinski definition) is 1. The summed E-state index contributed by atoms with van der Waals surface area (Å²) in [5, 5.41) is 0. The van der Waals surface area contributed by atoms with E-state index in [4.69, 9.17) is 4.74 Å². The van der Waals surface area contributed by atoms with Gasteiger partial charge >= 0.3 is 0 Å². The molecule has 2 heterocycles. The van der Waals surface area contributed by atoms with E-state index in [2.05, 4.69) is 21.9 Å². The summed E-state index contributed by atoms with van der Waals surface area (Å²) in [7, 11) is 1.69. The van der Waals surface area contributed by atoms with E-state index >= 15 is 0 Å². The fourth-order valence-electron chi connectivity index (χ4n) is 5.29. The molecule has 0 radical (unpaired) electrons. The number of nitrogens with one attached hydrogen (secondary N) is 1. The highest BCUT2D eigenvalue weighted by Crippen LogP contribution is 2.32. The molecule has 5 nitrogen and oxygen atoms in total. The number of nitrogens with zero attached hydrogens (tertiary/aromatic N) is 2. The second-order valence-corrected chi connectivity index (χ2v) is 8.54. The van der Waals surface area contributed by atoms with Crippen molar-refractivity contribution in [1.82, 2.24) is 4.90 Å². The van der Waals surface area contributed by atoms with Crippen LogP contribution in [0.15, 0.2) is 24.3 Å². The number of carbonyl (C=O) groups excluding carboxylic acids is 1. The molecule has 0 bridgehead atoms. The van der Waals surface area contributed by atoms with Gasteiger partial charge in [0.15, 0.2) is 6.54 Å². The van der Waals surface area contributed by atoms with Crippen molar-refractivity contribution in [3.8, 4) is 5.75 Å². The van der Waals surface area contributed by atoms with E-state index < -0.39 is 0 Å². The largest absolute Gasteiger partial charge is 0.497 e. The molecule has 3 aliphatic rings. The van der Waals surface area contributed by atoms with Gasteiger partial charge in [0.1, 0.15) is 5.75 Å². The number of methoxy groups -OCH3 is 1. The number of carbonyl (C=O) groups is 1. The molecule has 1 aromatic rings. The van der Waals surface area contributed by atoms with Crippen LogP contribution in [0.2, 0.25) is 0 Å². The highest BCUT2D eigenvalue weighted by Gasteiger charge is 2.35. The number of benzene rings is 1. The fraction of sp³-hybridized carbons (Fsp3) is 0.682. The maximum Gasteiger partial charge on any atom is 0.277 e. The predicted molar refractivity (Wildman–Crippen MR) is 107 cm³/mol. The lowest BCUT2D eigenvalue weighted by atomic mass is 9.75. The number of quaternary nitrogens is 1. The van der Waals surface area contributed by atoms with E-state index in [1.54, 1.807) is 7.11 Å². The van der Waals surface area contributed by atoms with Crippen LogP contribution in [0.25, 0.3) is 0 Å². The van der Waals surface area contributed by atoms with Gasteiger partial charge in [-0.05, 0) is 49.4 Å². The molecule has 5 heteroatoms. The number of likely N-dealkylation sites (tertiary alicyclic amines) is 1. The Bertz CT molecular complexity index is 625. The Morgan fingerprint density at radius 2 is 1.74 bits per heavy atom. The first kappa shape index (κ1) is 18.6. The summed E-state index contributed by atoms with van der Waals surface area (Å²) in [5.74, 6) is 3.07. The molecule has 1 N–H and O–H groups in total. The number of fused-ring (bicyclic) bond motifs is 1. The quantitative estimate of drug-likeness (QED) is 0.869. The van der Waals surface area contributed by atoms with Crippen LogP contribution in [0.5, 0.6) is 5.75 Å². The molecular weight excluding hydrogens is 338 g/mol. The van der Waals surface area contributed by atoms with Crippen molar-refractivity contribution in [2.45, 2.75) is 32.1 Å². The average Bonchev–Trinajstić information content (AvgIpc) is 2.74. The summed E-state index contributed by atoms with van der Waals surface area (Å²) >= 11 is 0. The van der Waals surface area contributed by atoms with Crippen molar-refractivity contribution in [2.24, 2.45) is 11.8 Å². The number of ether oxygens (including phenoxy) is 1. The van der Waals surface area contributed by atoms with Gasteiger partial charge in [0.2, 0.25) is 0 Å². The Kier molecular flexibility index (Phi) is 5.86. The lowest BCUT2D eigenvalue weighted by Gasteiger charge is -2.40. The third-order valence-corrected chi connectivity index (χ3v) is 6.96. The Morgan fingerprint density at radius 3 is 2.44 bits per heavy atom. The third-order valence-electron chi connectivity index (χ3n) is 6.96. The van der Waals surface area contributed by atoms with Crippen LogP contribution in [0.4, 0.5) is 5.69 Å². The van der Waals surface area contributed by atoms with Gasteiger partial charge in [0, 0.05) is 37.8 Å². The van der Waals surface area contributed by atoms with Gasteiger partial charge in [-0.1, -0.05) is 12.8 Å². The molecule has 1 unspecified atom stereocenters. The van der Waals surface area contributed by atoms with Gasteiger partial charge in [-0.2, -0.15) is 0 Å². The maximum atomic E-state index is 12.8. The van der Waals surface area contributed by atoms with E-state index in [0.717, 1.165) is 43.8 Å². The topological polar surface area (TPSA) is 37.2 Å². The Balaban J connectivity index is 1.24. The standard InChI is InChI=1S/C22H33N3O2/c1-27-21-8-6-20(7-9-21)24-12-14-25(15-13-24)22(26)17-23-11-10-18-4-2-3-5-19(18)16-23/h6-9,18-19H,2-5,10-17H2,1H3/p+1/t18-,19+/m0/s1. The summed E-state index contributed by atoms with van der Waals surface area (Å²) < 4.78 is 5.24. The zero-order chi connectivity index (χ0) is 18.6. The first-order valence-corrected chi connectivity index (χ1v) is 10.7.